The van der Waals surface area contributed by atoms with Gasteiger partial charge in [-0.3, -0.25) is 9.59 Å². The molecule has 0 saturated carbocycles. The molecule has 0 bridgehead atoms. The Bertz CT molecular complexity index is 631. The third-order valence-electron chi connectivity index (χ3n) is 5.01. The Labute approximate surface area is 147 Å². The zero-order valence-electron chi connectivity index (χ0n) is 14.6. The number of amides is 2. The number of carbonyl (C=O) groups excluding carboxylic acids is 2. The highest BCUT2D eigenvalue weighted by molar-refractivity contribution is 5.89. The Balaban J connectivity index is 1.69. The summed E-state index contributed by atoms with van der Waals surface area (Å²) in [5.41, 5.74) is 0.802. The van der Waals surface area contributed by atoms with Crippen LogP contribution in [0, 0.1) is 0 Å². The minimum Gasteiger partial charge on any atom is -0.497 e. The summed E-state index contributed by atoms with van der Waals surface area (Å²) >= 11 is 0. The Hall–Kier alpha value is -2.11. The third kappa shape index (κ3) is 4.11. The van der Waals surface area contributed by atoms with Gasteiger partial charge in [0.25, 0.3) is 0 Å². The van der Waals surface area contributed by atoms with E-state index in [0.717, 1.165) is 24.8 Å². The molecule has 25 heavy (non-hydrogen) atoms. The average molecular weight is 348 g/mol. The molecule has 2 saturated heterocycles. The normalized spacial score (nSPS) is 23.6. The molecular formula is C19H25FN2O3. The van der Waals surface area contributed by atoms with Gasteiger partial charge in [0.15, 0.2) is 0 Å². The fourth-order valence-corrected chi connectivity index (χ4v) is 3.68. The van der Waals surface area contributed by atoms with Gasteiger partial charge in [-0.05, 0) is 37.0 Å². The molecule has 0 N–H and O–H groups in total. The molecule has 2 heterocycles. The first-order valence-corrected chi connectivity index (χ1v) is 8.93. The van der Waals surface area contributed by atoms with E-state index in [-0.39, 0.29) is 31.2 Å². The van der Waals surface area contributed by atoms with Crippen molar-refractivity contribution in [1.29, 1.82) is 0 Å². The van der Waals surface area contributed by atoms with E-state index in [0.29, 0.717) is 18.8 Å². The first kappa shape index (κ1) is 17.7. The molecule has 2 fully saturated rings. The minimum atomic E-state index is -1.13. The number of methoxy groups -OCH3 is 1. The lowest BCUT2D eigenvalue weighted by Gasteiger charge is -2.32. The van der Waals surface area contributed by atoms with Crippen LogP contribution in [0.1, 0.15) is 31.2 Å². The summed E-state index contributed by atoms with van der Waals surface area (Å²) in [5, 5.41) is 0. The van der Waals surface area contributed by atoms with Crippen LogP contribution >= 0.6 is 0 Å². The molecule has 0 unspecified atom stereocenters. The number of ether oxygens (including phenoxy) is 1. The van der Waals surface area contributed by atoms with E-state index in [4.69, 9.17) is 4.74 Å². The highest BCUT2D eigenvalue weighted by Gasteiger charge is 2.41. The van der Waals surface area contributed by atoms with E-state index in [1.54, 1.807) is 18.1 Å². The molecule has 2 aliphatic heterocycles. The van der Waals surface area contributed by atoms with Crippen LogP contribution in [0.15, 0.2) is 24.3 Å². The van der Waals surface area contributed by atoms with Crippen LogP contribution < -0.4 is 4.74 Å². The third-order valence-corrected chi connectivity index (χ3v) is 5.01. The van der Waals surface area contributed by atoms with E-state index in [9.17, 15) is 14.0 Å². The maximum atomic E-state index is 14.0. The number of nitrogens with zero attached hydrogens (tertiary/aromatic N) is 2. The maximum Gasteiger partial charge on any atom is 0.245 e. The molecule has 1 aromatic carbocycles. The Kier molecular flexibility index (Phi) is 5.56. The SMILES string of the molecule is COc1cccc(CC(=O)N2C[C@@H](F)C[C@H]2C(=O)N2CCCCC2)c1. The molecule has 6 heteroatoms. The predicted octanol–water partition coefficient (Wildman–Crippen LogP) is 2.19. The fourth-order valence-electron chi connectivity index (χ4n) is 3.68. The number of hydrogen-bond donors (Lipinski definition) is 0. The van der Waals surface area contributed by atoms with E-state index >= 15 is 0 Å². The summed E-state index contributed by atoms with van der Waals surface area (Å²) in [4.78, 5) is 28.7. The number of piperidine rings is 1. The lowest BCUT2D eigenvalue weighted by molar-refractivity contribution is -0.144. The van der Waals surface area contributed by atoms with Crippen LogP contribution in [0.25, 0.3) is 0 Å². The molecule has 5 nitrogen and oxygen atoms in total. The van der Waals surface area contributed by atoms with Gasteiger partial charge in [-0.25, -0.2) is 4.39 Å². The Morgan fingerprint density at radius 2 is 2.00 bits per heavy atom. The van der Waals surface area contributed by atoms with E-state index < -0.39 is 12.2 Å². The van der Waals surface area contributed by atoms with Crippen molar-refractivity contribution in [2.24, 2.45) is 0 Å². The van der Waals surface area contributed by atoms with Gasteiger partial charge in [-0.1, -0.05) is 12.1 Å². The highest BCUT2D eigenvalue weighted by atomic mass is 19.1. The van der Waals surface area contributed by atoms with Crippen molar-refractivity contribution in [3.8, 4) is 5.75 Å². The smallest absolute Gasteiger partial charge is 0.245 e. The van der Waals surface area contributed by atoms with Crippen LogP contribution in [0.5, 0.6) is 5.75 Å². The van der Waals surface area contributed by atoms with E-state index in [1.807, 2.05) is 18.2 Å². The van der Waals surface area contributed by atoms with Crippen LogP contribution in [0.4, 0.5) is 4.39 Å². The zero-order chi connectivity index (χ0) is 17.8. The number of benzene rings is 1. The lowest BCUT2D eigenvalue weighted by Crippen LogP contribution is -2.49. The predicted molar refractivity (Wildman–Crippen MR) is 92.1 cm³/mol. The van der Waals surface area contributed by atoms with Gasteiger partial charge in [0.1, 0.15) is 18.0 Å². The standard InChI is InChI=1S/C19H25FN2O3/c1-25-16-7-5-6-14(10-16)11-18(23)22-13-15(20)12-17(22)19(24)21-8-3-2-4-9-21/h5-7,10,15,17H,2-4,8-9,11-13H2,1H3/t15-,17-/m0/s1. The van der Waals surface area contributed by atoms with Crippen molar-refractivity contribution in [3.63, 3.8) is 0 Å². The molecule has 2 atom stereocenters. The monoisotopic (exact) mass is 348 g/mol. The average Bonchev–Trinajstić information content (AvgIpc) is 3.04. The van der Waals surface area contributed by atoms with Crippen LogP contribution in [-0.2, 0) is 16.0 Å². The van der Waals surface area contributed by atoms with Crippen LogP contribution in [0.2, 0.25) is 0 Å². The summed E-state index contributed by atoms with van der Waals surface area (Å²) in [6, 6.07) is 6.60. The van der Waals surface area contributed by atoms with Crippen molar-refractivity contribution >= 4 is 11.8 Å². The first-order chi connectivity index (χ1) is 12.1. The van der Waals surface area contributed by atoms with Crippen molar-refractivity contribution in [3.05, 3.63) is 29.8 Å². The van der Waals surface area contributed by atoms with Gasteiger partial charge in [-0.15, -0.1) is 0 Å². The molecule has 0 radical (unpaired) electrons. The molecular weight excluding hydrogens is 323 g/mol. The van der Waals surface area contributed by atoms with Gasteiger partial charge >= 0.3 is 0 Å². The molecule has 136 valence electrons. The van der Waals surface area contributed by atoms with Crippen molar-refractivity contribution < 1.29 is 18.7 Å². The molecule has 0 spiro atoms. The second kappa shape index (κ2) is 7.85. The highest BCUT2D eigenvalue weighted by Crippen LogP contribution is 2.25. The van der Waals surface area contributed by atoms with E-state index in [1.165, 1.54) is 4.90 Å². The van der Waals surface area contributed by atoms with Crippen molar-refractivity contribution in [2.45, 2.75) is 44.3 Å². The van der Waals surface area contributed by atoms with Gasteiger partial charge in [0, 0.05) is 19.5 Å². The van der Waals surface area contributed by atoms with Crippen molar-refractivity contribution in [1.82, 2.24) is 9.80 Å². The number of rotatable bonds is 4. The second-order valence-corrected chi connectivity index (χ2v) is 6.81. The minimum absolute atomic E-state index is 0.00699. The van der Waals surface area contributed by atoms with Gasteiger partial charge in [-0.2, -0.15) is 0 Å². The topological polar surface area (TPSA) is 49.9 Å². The van der Waals surface area contributed by atoms with Crippen molar-refractivity contribution in [2.75, 3.05) is 26.7 Å². The Morgan fingerprint density at radius 3 is 2.72 bits per heavy atom. The Morgan fingerprint density at radius 1 is 1.24 bits per heavy atom. The van der Waals surface area contributed by atoms with Gasteiger partial charge in [0.05, 0.1) is 20.1 Å². The van der Waals surface area contributed by atoms with Gasteiger partial charge in [0.2, 0.25) is 11.8 Å². The quantitative estimate of drug-likeness (QED) is 0.838. The summed E-state index contributed by atoms with van der Waals surface area (Å²) in [5.74, 6) is 0.374. The molecule has 3 rings (SSSR count). The number of alkyl halides is 1. The van der Waals surface area contributed by atoms with Gasteiger partial charge < -0.3 is 14.5 Å². The summed E-state index contributed by atoms with van der Waals surface area (Å²) in [6.07, 6.45) is 2.21. The zero-order valence-corrected chi connectivity index (χ0v) is 14.6. The number of carbonyl (C=O) groups is 2. The first-order valence-electron chi connectivity index (χ1n) is 8.93. The summed E-state index contributed by atoms with van der Waals surface area (Å²) < 4.78 is 19.2. The number of likely N-dealkylation sites (tertiary alicyclic amines) is 2. The number of hydrogen-bond acceptors (Lipinski definition) is 3. The molecule has 0 aliphatic carbocycles. The van der Waals surface area contributed by atoms with Crippen LogP contribution in [-0.4, -0.2) is 60.6 Å². The summed E-state index contributed by atoms with van der Waals surface area (Å²) in [7, 11) is 1.57. The van der Waals surface area contributed by atoms with E-state index in [2.05, 4.69) is 0 Å². The molecule has 0 aromatic heterocycles. The molecule has 2 aliphatic rings. The molecule has 1 aromatic rings. The maximum absolute atomic E-state index is 14.0. The molecule has 2 amide bonds. The largest absolute Gasteiger partial charge is 0.497 e. The number of halogens is 1. The fraction of sp³-hybridized carbons (Fsp3) is 0.579. The lowest BCUT2D eigenvalue weighted by atomic mass is 10.1. The second-order valence-electron chi connectivity index (χ2n) is 6.81. The van der Waals surface area contributed by atoms with Crippen LogP contribution in [0.3, 0.4) is 0 Å². The summed E-state index contributed by atoms with van der Waals surface area (Å²) in [6.45, 7) is 1.43.